The van der Waals surface area contributed by atoms with E-state index in [-0.39, 0.29) is 25.3 Å². The highest BCUT2D eigenvalue weighted by Crippen LogP contribution is 2.11. The molecule has 0 fully saturated rings. The summed E-state index contributed by atoms with van der Waals surface area (Å²) in [6.45, 7) is 2.04. The highest BCUT2D eigenvalue weighted by Gasteiger charge is 2.25. The topological polar surface area (TPSA) is 105 Å². The molecule has 18 heavy (non-hydrogen) atoms. The van der Waals surface area contributed by atoms with Crippen LogP contribution in [0.4, 0.5) is 4.79 Å². The van der Waals surface area contributed by atoms with Crippen LogP contribution >= 0.6 is 0 Å². The molecule has 0 unspecified atom stereocenters. The molecule has 1 aromatic rings. The van der Waals surface area contributed by atoms with Crippen LogP contribution in [0.5, 0.6) is 0 Å². The number of aromatic nitrogens is 2. The third-order valence-electron chi connectivity index (χ3n) is 2.76. The van der Waals surface area contributed by atoms with Crippen molar-refractivity contribution in [1.29, 1.82) is 0 Å². The maximum absolute atomic E-state index is 12.0. The zero-order chi connectivity index (χ0) is 13.3. The number of nitrogens with zero attached hydrogens (tertiary/aromatic N) is 2. The van der Waals surface area contributed by atoms with Crippen LogP contribution in [0.2, 0.25) is 0 Å². The summed E-state index contributed by atoms with van der Waals surface area (Å²) < 4.78 is 0.629. The van der Waals surface area contributed by atoms with Crippen LogP contribution in [0.15, 0.2) is 9.59 Å². The van der Waals surface area contributed by atoms with E-state index in [9.17, 15) is 14.4 Å². The Morgan fingerprint density at radius 1 is 1.50 bits per heavy atom. The second kappa shape index (κ2) is 4.55. The molecule has 8 heteroatoms. The maximum atomic E-state index is 12.0. The van der Waals surface area contributed by atoms with Crippen LogP contribution in [0.3, 0.4) is 0 Å². The minimum Gasteiger partial charge on any atom is -0.465 e. The van der Waals surface area contributed by atoms with Gasteiger partial charge in [0.2, 0.25) is 0 Å². The fourth-order valence-electron chi connectivity index (χ4n) is 1.90. The number of amides is 1. The molecular weight excluding hydrogens is 242 g/mol. The molecule has 2 rings (SSSR count). The molecule has 1 amide bonds. The predicted molar refractivity (Wildman–Crippen MR) is 60.6 cm³/mol. The Balaban J connectivity index is 2.49. The Hall–Kier alpha value is -2.25. The lowest BCUT2D eigenvalue weighted by atomic mass is 10.1. The van der Waals surface area contributed by atoms with Crippen molar-refractivity contribution in [2.24, 2.45) is 0 Å². The third kappa shape index (κ3) is 1.96. The summed E-state index contributed by atoms with van der Waals surface area (Å²) in [4.78, 5) is 43.0. The third-order valence-corrected chi connectivity index (χ3v) is 2.76. The molecule has 0 saturated heterocycles. The summed E-state index contributed by atoms with van der Waals surface area (Å²) in [5.74, 6) is 0. The molecule has 98 valence electrons. The van der Waals surface area contributed by atoms with Gasteiger partial charge in [-0.2, -0.15) is 0 Å². The quantitative estimate of drug-likeness (QED) is 0.706. The minimum atomic E-state index is -1.09. The molecule has 1 aliphatic heterocycles. The number of hydrogen-bond acceptors (Lipinski definition) is 4. The molecule has 0 radical (unpaired) electrons. The zero-order valence-corrected chi connectivity index (χ0v) is 9.80. The van der Waals surface area contributed by atoms with Gasteiger partial charge in [0.1, 0.15) is 6.61 Å². The van der Waals surface area contributed by atoms with E-state index >= 15 is 0 Å². The smallest absolute Gasteiger partial charge is 0.407 e. The van der Waals surface area contributed by atoms with Gasteiger partial charge in [-0.1, -0.05) is 4.73 Å². The Kier molecular flexibility index (Phi) is 3.09. The van der Waals surface area contributed by atoms with Crippen LogP contribution in [-0.2, 0) is 13.0 Å². The van der Waals surface area contributed by atoms with E-state index in [1.54, 1.807) is 6.92 Å². The van der Waals surface area contributed by atoms with Crippen LogP contribution < -0.4 is 16.1 Å². The van der Waals surface area contributed by atoms with Gasteiger partial charge < -0.3 is 19.8 Å². The van der Waals surface area contributed by atoms with E-state index in [1.165, 1.54) is 0 Å². The number of carboxylic acid groups (broad SMARTS) is 1. The van der Waals surface area contributed by atoms with Gasteiger partial charge >= 0.3 is 11.8 Å². The summed E-state index contributed by atoms with van der Waals surface area (Å²) in [5.41, 5.74) is -0.485. The van der Waals surface area contributed by atoms with Gasteiger partial charge in [-0.15, -0.1) is 0 Å². The molecule has 2 heterocycles. The van der Waals surface area contributed by atoms with E-state index in [0.29, 0.717) is 16.8 Å². The molecule has 2 N–H and O–H groups in total. The first-order chi connectivity index (χ1) is 8.54. The van der Waals surface area contributed by atoms with Crippen LogP contribution in [0.25, 0.3) is 0 Å². The van der Waals surface area contributed by atoms with Crippen LogP contribution in [-0.4, -0.2) is 39.0 Å². The molecule has 1 aromatic heterocycles. The lowest BCUT2D eigenvalue weighted by molar-refractivity contribution is 0.0976. The van der Waals surface area contributed by atoms with Gasteiger partial charge in [-0.25, -0.2) is 9.59 Å². The second-order valence-electron chi connectivity index (χ2n) is 3.86. The predicted octanol–water partition coefficient (Wildman–Crippen LogP) is -0.979. The summed E-state index contributed by atoms with van der Waals surface area (Å²) in [6, 6.07) is 0. The Morgan fingerprint density at radius 3 is 2.83 bits per heavy atom. The van der Waals surface area contributed by atoms with Gasteiger partial charge in [-0.3, -0.25) is 4.79 Å². The first kappa shape index (κ1) is 12.2. The minimum absolute atomic E-state index is 0.0344. The first-order valence-electron chi connectivity index (χ1n) is 5.52. The highest BCUT2D eigenvalue weighted by molar-refractivity contribution is 5.65. The second-order valence-corrected chi connectivity index (χ2v) is 3.86. The summed E-state index contributed by atoms with van der Waals surface area (Å²) >= 11 is 0. The fourth-order valence-corrected chi connectivity index (χ4v) is 1.90. The van der Waals surface area contributed by atoms with Gasteiger partial charge in [0, 0.05) is 18.7 Å². The summed E-state index contributed by atoms with van der Waals surface area (Å²) in [7, 11) is 0. The van der Waals surface area contributed by atoms with Crippen molar-refractivity contribution in [3.8, 4) is 0 Å². The molecular formula is C10H13N3O5. The largest absolute Gasteiger partial charge is 0.465 e. The van der Waals surface area contributed by atoms with Crippen molar-refractivity contribution < 1.29 is 14.7 Å². The molecule has 0 spiro atoms. The van der Waals surface area contributed by atoms with Gasteiger partial charge in [0.15, 0.2) is 0 Å². The Labute approximate surface area is 101 Å². The van der Waals surface area contributed by atoms with E-state index in [1.807, 2.05) is 0 Å². The number of carbonyl (C=O) groups is 1. The standard InChI is InChI=1S/C10H13N3O5/c1-2-18-13-8(14)6-5-12(10(16)17)4-3-7(6)11-9(13)15/h2-5H2,1H3,(H,11,15)(H,16,17). The van der Waals surface area contributed by atoms with Gasteiger partial charge in [0.25, 0.3) is 5.56 Å². The van der Waals surface area contributed by atoms with Crippen molar-refractivity contribution in [1.82, 2.24) is 14.6 Å². The van der Waals surface area contributed by atoms with E-state index in [2.05, 4.69) is 4.98 Å². The van der Waals surface area contributed by atoms with Crippen molar-refractivity contribution in [3.05, 3.63) is 32.1 Å². The lowest BCUT2D eigenvalue weighted by Crippen LogP contribution is -2.47. The lowest BCUT2D eigenvalue weighted by Gasteiger charge is -2.25. The summed E-state index contributed by atoms with van der Waals surface area (Å²) in [6.07, 6.45) is -0.770. The van der Waals surface area contributed by atoms with Gasteiger partial charge in [0.05, 0.1) is 12.1 Å². The van der Waals surface area contributed by atoms with Crippen molar-refractivity contribution in [2.45, 2.75) is 19.9 Å². The fraction of sp³-hybridized carbons (Fsp3) is 0.500. The molecule has 0 aromatic carbocycles. The molecule has 0 atom stereocenters. The van der Waals surface area contributed by atoms with Crippen LogP contribution in [0.1, 0.15) is 18.2 Å². The SMILES string of the molecule is CCOn1c(=O)[nH]c2c(c1=O)CN(C(=O)O)CC2. The monoisotopic (exact) mass is 255 g/mol. The Bertz CT molecular complexity index is 588. The number of rotatable bonds is 2. The van der Waals surface area contributed by atoms with E-state index in [0.717, 1.165) is 4.90 Å². The highest BCUT2D eigenvalue weighted by atomic mass is 16.7. The first-order valence-corrected chi connectivity index (χ1v) is 5.52. The maximum Gasteiger partial charge on any atom is 0.407 e. The van der Waals surface area contributed by atoms with Gasteiger partial charge in [-0.05, 0) is 6.92 Å². The molecule has 1 aliphatic rings. The number of aromatic amines is 1. The number of fused-ring (bicyclic) bond motifs is 1. The normalized spacial score (nSPS) is 14.2. The molecule has 8 nitrogen and oxygen atoms in total. The number of H-pyrrole nitrogens is 1. The van der Waals surface area contributed by atoms with E-state index in [4.69, 9.17) is 9.94 Å². The van der Waals surface area contributed by atoms with Crippen molar-refractivity contribution in [2.75, 3.05) is 13.2 Å². The zero-order valence-electron chi connectivity index (χ0n) is 9.80. The number of hydrogen-bond donors (Lipinski definition) is 2. The van der Waals surface area contributed by atoms with E-state index < -0.39 is 17.3 Å². The van der Waals surface area contributed by atoms with Crippen LogP contribution in [0, 0.1) is 0 Å². The van der Waals surface area contributed by atoms with Crippen molar-refractivity contribution in [3.63, 3.8) is 0 Å². The number of nitrogens with one attached hydrogen (secondary N) is 1. The van der Waals surface area contributed by atoms with Crippen molar-refractivity contribution >= 4 is 6.09 Å². The summed E-state index contributed by atoms with van der Waals surface area (Å²) in [5, 5.41) is 8.90. The average Bonchev–Trinajstić information content (AvgIpc) is 2.34. The average molecular weight is 255 g/mol. The molecule has 0 bridgehead atoms. The Morgan fingerprint density at radius 2 is 2.22 bits per heavy atom. The molecule has 0 saturated carbocycles. The molecule has 0 aliphatic carbocycles.